The Hall–Kier alpha value is -1.29. The number of fused-ring (bicyclic) bond motifs is 3. The fourth-order valence-electron chi connectivity index (χ4n) is 3.60. The lowest BCUT2D eigenvalue weighted by Crippen LogP contribution is -2.23. The predicted octanol–water partition coefficient (Wildman–Crippen LogP) is 3.51. The van der Waals surface area contributed by atoms with Gasteiger partial charge in [0, 0.05) is 37.0 Å². The Morgan fingerprint density at radius 1 is 1.00 bits per heavy atom. The summed E-state index contributed by atoms with van der Waals surface area (Å²) in [5.41, 5.74) is 2.96. The number of hydrogen-bond acceptors (Lipinski definition) is 3. The van der Waals surface area contributed by atoms with Crippen molar-refractivity contribution in [3.63, 3.8) is 0 Å². The molecule has 2 aliphatic heterocycles. The molecule has 0 saturated carbocycles. The number of benzene rings is 2. The van der Waals surface area contributed by atoms with Crippen LogP contribution < -0.4 is 4.72 Å². The third-order valence-corrected chi connectivity index (χ3v) is 5.51. The highest BCUT2D eigenvalue weighted by molar-refractivity contribution is 7.97. The summed E-state index contributed by atoms with van der Waals surface area (Å²) in [5, 5.41) is 0. The quantitative estimate of drug-likeness (QED) is 0.854. The largest absolute Gasteiger partial charge is 0.298 e. The fourth-order valence-corrected chi connectivity index (χ4v) is 4.53. The lowest BCUT2D eigenvalue weighted by molar-refractivity contribution is 0.316. The van der Waals surface area contributed by atoms with E-state index in [1.165, 1.54) is 29.1 Å². The van der Waals surface area contributed by atoms with Crippen LogP contribution in [-0.2, 0) is 6.54 Å². The second-order valence-electron chi connectivity index (χ2n) is 6.03. The zero-order valence-electron chi connectivity index (χ0n) is 12.0. The number of nitrogens with one attached hydrogen (secondary N) is 1. The zero-order valence-corrected chi connectivity index (χ0v) is 12.9. The normalized spacial score (nSPS) is 25.1. The first-order valence-electron chi connectivity index (χ1n) is 7.65. The smallest absolute Gasteiger partial charge is 0.0263 e. The van der Waals surface area contributed by atoms with E-state index in [1.807, 2.05) is 0 Å². The van der Waals surface area contributed by atoms with Crippen molar-refractivity contribution >= 4 is 11.9 Å². The van der Waals surface area contributed by atoms with Crippen molar-refractivity contribution in [3.05, 3.63) is 65.7 Å². The molecule has 0 spiro atoms. The predicted molar refractivity (Wildman–Crippen MR) is 88.3 cm³/mol. The zero-order chi connectivity index (χ0) is 14.1. The molecule has 2 atom stereocenters. The highest BCUT2D eigenvalue weighted by atomic mass is 32.2. The number of hydrogen-bond donors (Lipinski definition) is 1. The Labute approximate surface area is 130 Å². The molecule has 1 N–H and O–H groups in total. The monoisotopic (exact) mass is 296 g/mol. The van der Waals surface area contributed by atoms with Gasteiger partial charge in [-0.2, -0.15) is 0 Å². The van der Waals surface area contributed by atoms with E-state index in [0.29, 0.717) is 5.92 Å². The van der Waals surface area contributed by atoms with E-state index in [9.17, 15) is 0 Å². The average Bonchev–Trinajstić information content (AvgIpc) is 2.83. The topological polar surface area (TPSA) is 15.3 Å². The third-order valence-electron chi connectivity index (χ3n) is 4.61. The van der Waals surface area contributed by atoms with Gasteiger partial charge in [0.05, 0.1) is 0 Å². The van der Waals surface area contributed by atoms with Gasteiger partial charge >= 0.3 is 0 Å². The van der Waals surface area contributed by atoms with E-state index in [-0.39, 0.29) is 0 Å². The molecule has 2 aliphatic rings. The van der Waals surface area contributed by atoms with Crippen molar-refractivity contribution < 1.29 is 0 Å². The third kappa shape index (κ3) is 2.73. The number of likely N-dealkylation sites (tertiary alicyclic amines) is 1. The molecule has 0 aromatic heterocycles. The van der Waals surface area contributed by atoms with E-state index in [2.05, 4.69) is 64.2 Å². The summed E-state index contributed by atoms with van der Waals surface area (Å²) in [7, 11) is 0. The van der Waals surface area contributed by atoms with Gasteiger partial charge in [0.1, 0.15) is 0 Å². The standard InChI is InChI=1S/C18H20N2S/c1-2-6-14(7-3-1)11-20-12-15-10-19-21-18-9-5-4-8-16(18)17(15)13-20/h1-9,15,17,19H,10-13H2/t15-,17-/m1/s1. The van der Waals surface area contributed by atoms with Gasteiger partial charge < -0.3 is 0 Å². The highest BCUT2D eigenvalue weighted by Crippen LogP contribution is 2.39. The summed E-state index contributed by atoms with van der Waals surface area (Å²) in [4.78, 5) is 4.02. The number of nitrogens with zero attached hydrogens (tertiary/aromatic N) is 1. The summed E-state index contributed by atoms with van der Waals surface area (Å²) in [6.45, 7) is 4.55. The van der Waals surface area contributed by atoms with Crippen molar-refractivity contribution in [2.45, 2.75) is 17.4 Å². The minimum Gasteiger partial charge on any atom is -0.298 e. The molecule has 4 rings (SSSR count). The first kappa shape index (κ1) is 13.4. The summed E-state index contributed by atoms with van der Waals surface area (Å²) in [6, 6.07) is 19.7. The molecule has 0 radical (unpaired) electrons. The Morgan fingerprint density at radius 3 is 2.71 bits per heavy atom. The van der Waals surface area contributed by atoms with Crippen LogP contribution in [0.5, 0.6) is 0 Å². The van der Waals surface area contributed by atoms with E-state index in [1.54, 1.807) is 11.9 Å². The van der Waals surface area contributed by atoms with Crippen LogP contribution in [0, 0.1) is 5.92 Å². The Morgan fingerprint density at radius 2 is 1.81 bits per heavy atom. The molecule has 1 saturated heterocycles. The van der Waals surface area contributed by atoms with Gasteiger partial charge in [-0.1, -0.05) is 48.5 Å². The summed E-state index contributed by atoms with van der Waals surface area (Å²) >= 11 is 1.80. The SMILES string of the molecule is c1ccc(CN2C[C@H]3CNSc4ccccc4[C@@H]3C2)cc1. The molecule has 2 aromatic carbocycles. The molecule has 0 unspecified atom stereocenters. The van der Waals surface area contributed by atoms with Crippen LogP contribution in [0.3, 0.4) is 0 Å². The maximum absolute atomic E-state index is 3.55. The van der Waals surface area contributed by atoms with Crippen LogP contribution >= 0.6 is 11.9 Å². The van der Waals surface area contributed by atoms with Crippen molar-refractivity contribution in [1.82, 2.24) is 9.62 Å². The van der Waals surface area contributed by atoms with Gasteiger partial charge in [-0.05, 0) is 35.1 Å². The maximum Gasteiger partial charge on any atom is 0.0263 e. The second kappa shape index (κ2) is 5.84. The first-order valence-corrected chi connectivity index (χ1v) is 8.47. The van der Waals surface area contributed by atoms with Gasteiger partial charge in [0.25, 0.3) is 0 Å². The van der Waals surface area contributed by atoms with Gasteiger partial charge in [-0.15, -0.1) is 0 Å². The Kier molecular flexibility index (Phi) is 3.72. The summed E-state index contributed by atoms with van der Waals surface area (Å²) in [5.74, 6) is 1.40. The molecule has 21 heavy (non-hydrogen) atoms. The Bertz CT molecular complexity index is 614. The van der Waals surface area contributed by atoms with E-state index >= 15 is 0 Å². The number of rotatable bonds is 2. The van der Waals surface area contributed by atoms with E-state index in [0.717, 1.165) is 19.0 Å². The maximum atomic E-state index is 3.55. The van der Waals surface area contributed by atoms with Gasteiger partial charge in [-0.25, -0.2) is 0 Å². The van der Waals surface area contributed by atoms with E-state index < -0.39 is 0 Å². The Balaban J connectivity index is 1.55. The van der Waals surface area contributed by atoms with Crippen LogP contribution in [0.2, 0.25) is 0 Å². The summed E-state index contributed by atoms with van der Waals surface area (Å²) in [6.07, 6.45) is 0. The molecular formula is C18H20N2S. The molecule has 2 heterocycles. The highest BCUT2D eigenvalue weighted by Gasteiger charge is 2.36. The lowest BCUT2D eigenvalue weighted by atomic mass is 9.89. The van der Waals surface area contributed by atoms with Crippen molar-refractivity contribution in [2.75, 3.05) is 19.6 Å². The van der Waals surface area contributed by atoms with Crippen molar-refractivity contribution in [3.8, 4) is 0 Å². The van der Waals surface area contributed by atoms with Gasteiger partial charge in [-0.3, -0.25) is 9.62 Å². The molecule has 3 heteroatoms. The molecule has 2 aromatic rings. The molecule has 108 valence electrons. The minimum absolute atomic E-state index is 0.674. The first-order chi connectivity index (χ1) is 10.4. The average molecular weight is 296 g/mol. The molecule has 0 amide bonds. The van der Waals surface area contributed by atoms with Gasteiger partial charge in [0.2, 0.25) is 0 Å². The van der Waals surface area contributed by atoms with Crippen LogP contribution in [-0.4, -0.2) is 24.5 Å². The molecule has 2 nitrogen and oxygen atoms in total. The van der Waals surface area contributed by atoms with Gasteiger partial charge in [0.15, 0.2) is 0 Å². The van der Waals surface area contributed by atoms with Crippen LogP contribution in [0.15, 0.2) is 59.5 Å². The van der Waals surface area contributed by atoms with Crippen molar-refractivity contribution in [1.29, 1.82) is 0 Å². The van der Waals surface area contributed by atoms with Crippen molar-refractivity contribution in [2.24, 2.45) is 5.92 Å². The molecular weight excluding hydrogens is 276 g/mol. The minimum atomic E-state index is 0.674. The van der Waals surface area contributed by atoms with Crippen LogP contribution in [0.4, 0.5) is 0 Å². The van der Waals surface area contributed by atoms with Crippen LogP contribution in [0.25, 0.3) is 0 Å². The molecule has 1 fully saturated rings. The lowest BCUT2D eigenvalue weighted by Gasteiger charge is -2.17. The molecule has 0 bridgehead atoms. The molecule has 0 aliphatic carbocycles. The fraction of sp³-hybridized carbons (Fsp3) is 0.333. The summed E-state index contributed by atoms with van der Waals surface area (Å²) < 4.78 is 3.55. The second-order valence-corrected chi connectivity index (χ2v) is 6.97. The van der Waals surface area contributed by atoms with Crippen LogP contribution in [0.1, 0.15) is 17.0 Å². The van der Waals surface area contributed by atoms with E-state index in [4.69, 9.17) is 0 Å².